The zero-order valence-corrected chi connectivity index (χ0v) is 12.2. The van der Waals surface area contributed by atoms with Gasteiger partial charge in [-0.3, -0.25) is 0 Å². The van der Waals surface area contributed by atoms with Gasteiger partial charge in [0, 0.05) is 5.39 Å². The zero-order chi connectivity index (χ0) is 15.0. The third-order valence-electron chi connectivity index (χ3n) is 4.59. The fraction of sp³-hybridized carbons (Fsp3) is 0.444. The van der Waals surface area contributed by atoms with Gasteiger partial charge in [0.25, 0.3) is 0 Å². The molecule has 1 unspecified atom stereocenters. The van der Waals surface area contributed by atoms with Crippen LogP contribution >= 0.6 is 0 Å². The highest BCUT2D eigenvalue weighted by Gasteiger charge is 2.21. The van der Waals surface area contributed by atoms with Crippen molar-refractivity contribution in [3.63, 3.8) is 0 Å². The number of aryl methyl sites for hydroxylation is 1. The van der Waals surface area contributed by atoms with Crippen LogP contribution in [0.1, 0.15) is 43.7 Å². The highest BCUT2D eigenvalue weighted by Crippen LogP contribution is 2.33. The van der Waals surface area contributed by atoms with Crippen LogP contribution in [0.15, 0.2) is 18.2 Å². The van der Waals surface area contributed by atoms with Crippen LogP contribution in [-0.2, 0) is 12.8 Å². The molecule has 1 aliphatic rings. The quantitative estimate of drug-likeness (QED) is 0.650. The maximum absolute atomic E-state index is 13.9. The molecule has 0 saturated heterocycles. The van der Waals surface area contributed by atoms with E-state index in [0.717, 1.165) is 36.5 Å². The van der Waals surface area contributed by atoms with E-state index in [1.165, 1.54) is 19.3 Å². The third kappa shape index (κ3) is 2.66. The molecule has 1 aliphatic carbocycles. The molecule has 0 nitrogen and oxygen atoms in total. The largest absolute Gasteiger partial charge is 0.204 e. The van der Waals surface area contributed by atoms with Gasteiger partial charge in [0.2, 0.25) is 0 Å². The molecule has 0 bridgehead atoms. The van der Waals surface area contributed by atoms with Crippen molar-refractivity contribution < 1.29 is 13.2 Å². The first-order valence-corrected chi connectivity index (χ1v) is 7.69. The fourth-order valence-electron chi connectivity index (χ4n) is 3.38. The summed E-state index contributed by atoms with van der Waals surface area (Å²) in [4.78, 5) is 0. The minimum absolute atomic E-state index is 0.198. The van der Waals surface area contributed by atoms with E-state index in [2.05, 4.69) is 6.92 Å². The molecule has 0 spiro atoms. The van der Waals surface area contributed by atoms with Gasteiger partial charge in [-0.1, -0.05) is 32.3 Å². The maximum Gasteiger partial charge on any atom is 0.195 e. The van der Waals surface area contributed by atoms with Crippen LogP contribution in [0.3, 0.4) is 0 Å². The van der Waals surface area contributed by atoms with E-state index in [4.69, 9.17) is 0 Å². The Hall–Kier alpha value is -1.51. The van der Waals surface area contributed by atoms with Crippen molar-refractivity contribution in [1.82, 2.24) is 0 Å². The van der Waals surface area contributed by atoms with Gasteiger partial charge in [0.05, 0.1) is 0 Å². The second-order valence-electron chi connectivity index (χ2n) is 6.08. The number of benzene rings is 2. The summed E-state index contributed by atoms with van der Waals surface area (Å²) in [6.07, 6.45) is 6.57. The Morgan fingerprint density at radius 2 is 1.86 bits per heavy atom. The summed E-state index contributed by atoms with van der Waals surface area (Å²) in [5.74, 6) is -2.93. The van der Waals surface area contributed by atoms with Crippen LogP contribution in [0.4, 0.5) is 13.2 Å². The van der Waals surface area contributed by atoms with Crippen molar-refractivity contribution in [2.24, 2.45) is 5.92 Å². The third-order valence-corrected chi connectivity index (χ3v) is 4.59. The van der Waals surface area contributed by atoms with Gasteiger partial charge >= 0.3 is 0 Å². The van der Waals surface area contributed by atoms with E-state index < -0.39 is 17.5 Å². The summed E-state index contributed by atoms with van der Waals surface area (Å²) in [6, 6.07) is 4.64. The molecule has 0 aliphatic heterocycles. The van der Waals surface area contributed by atoms with Crippen LogP contribution in [0.25, 0.3) is 10.8 Å². The van der Waals surface area contributed by atoms with E-state index >= 15 is 0 Å². The second kappa shape index (κ2) is 5.70. The molecule has 0 heterocycles. The van der Waals surface area contributed by atoms with Crippen LogP contribution in [0.2, 0.25) is 0 Å². The molecule has 0 N–H and O–H groups in total. The Bertz CT molecular complexity index is 676. The number of halogens is 3. The summed E-state index contributed by atoms with van der Waals surface area (Å²) < 4.78 is 40.6. The van der Waals surface area contributed by atoms with Gasteiger partial charge < -0.3 is 0 Å². The predicted octanol–water partition coefficient (Wildman–Crippen LogP) is 5.55. The minimum Gasteiger partial charge on any atom is -0.204 e. The molecule has 0 amide bonds. The lowest BCUT2D eigenvalue weighted by molar-refractivity contribution is 0.413. The minimum atomic E-state index is -1.37. The normalized spacial score (nSPS) is 18.0. The van der Waals surface area contributed by atoms with E-state index in [1.807, 2.05) is 6.07 Å². The molecular formula is C18H19F3. The Balaban J connectivity index is 2.00. The van der Waals surface area contributed by atoms with Gasteiger partial charge in [-0.05, 0) is 53.8 Å². The molecule has 3 rings (SSSR count). The summed E-state index contributed by atoms with van der Waals surface area (Å²) >= 11 is 0. The Morgan fingerprint density at radius 3 is 2.62 bits per heavy atom. The molecule has 2 aromatic rings. The molecule has 0 aromatic heterocycles. The molecule has 3 heteroatoms. The summed E-state index contributed by atoms with van der Waals surface area (Å²) in [6.45, 7) is 2.18. The average Bonchev–Trinajstić information content (AvgIpc) is 2.49. The van der Waals surface area contributed by atoms with Crippen LogP contribution in [0.5, 0.6) is 0 Å². The second-order valence-corrected chi connectivity index (χ2v) is 6.08. The van der Waals surface area contributed by atoms with Gasteiger partial charge in [0.15, 0.2) is 17.5 Å². The first-order valence-electron chi connectivity index (χ1n) is 7.69. The Morgan fingerprint density at radius 1 is 1.05 bits per heavy atom. The first-order chi connectivity index (χ1) is 10.1. The number of rotatable bonds is 3. The first kappa shape index (κ1) is 14.4. The van der Waals surface area contributed by atoms with Crippen LogP contribution in [0, 0.1) is 23.4 Å². The molecule has 112 valence electrons. The number of unbranched alkanes of at least 4 members (excludes halogenated alkanes) is 1. The van der Waals surface area contributed by atoms with E-state index in [9.17, 15) is 13.2 Å². The van der Waals surface area contributed by atoms with Crippen molar-refractivity contribution in [2.45, 2.75) is 45.4 Å². The monoisotopic (exact) mass is 292 g/mol. The highest BCUT2D eigenvalue weighted by molar-refractivity contribution is 5.85. The van der Waals surface area contributed by atoms with Gasteiger partial charge in [0.1, 0.15) is 0 Å². The molecular weight excluding hydrogens is 273 g/mol. The number of fused-ring (bicyclic) bond motifs is 2. The number of hydrogen-bond donors (Lipinski definition) is 0. The molecule has 21 heavy (non-hydrogen) atoms. The number of hydrogen-bond acceptors (Lipinski definition) is 0. The molecule has 1 atom stereocenters. The van der Waals surface area contributed by atoms with Crippen LogP contribution in [-0.4, -0.2) is 0 Å². The molecule has 0 fully saturated rings. The van der Waals surface area contributed by atoms with E-state index in [-0.39, 0.29) is 5.39 Å². The van der Waals surface area contributed by atoms with Crippen molar-refractivity contribution in [1.29, 1.82) is 0 Å². The Kier molecular flexibility index (Phi) is 3.92. The predicted molar refractivity (Wildman–Crippen MR) is 78.9 cm³/mol. The van der Waals surface area contributed by atoms with Gasteiger partial charge in [-0.2, -0.15) is 0 Å². The fourth-order valence-corrected chi connectivity index (χ4v) is 3.38. The van der Waals surface area contributed by atoms with Gasteiger partial charge in [-0.25, -0.2) is 13.2 Å². The summed E-state index contributed by atoms with van der Waals surface area (Å²) in [5.41, 5.74) is 2.25. The van der Waals surface area contributed by atoms with Gasteiger partial charge in [-0.15, -0.1) is 0 Å². The summed E-state index contributed by atoms with van der Waals surface area (Å²) in [5, 5.41) is 0.654. The topological polar surface area (TPSA) is 0 Å². The SMILES string of the molecule is CCCCC1CCc2cc3cc(F)c(F)c(F)c3cc2C1. The maximum atomic E-state index is 13.9. The zero-order valence-electron chi connectivity index (χ0n) is 12.2. The highest BCUT2D eigenvalue weighted by atomic mass is 19.2. The average molecular weight is 292 g/mol. The lowest BCUT2D eigenvalue weighted by Crippen LogP contribution is -2.14. The van der Waals surface area contributed by atoms with Crippen molar-refractivity contribution in [3.05, 3.63) is 46.8 Å². The molecule has 0 radical (unpaired) electrons. The van der Waals surface area contributed by atoms with Crippen LogP contribution < -0.4 is 0 Å². The van der Waals surface area contributed by atoms with Crippen molar-refractivity contribution in [3.8, 4) is 0 Å². The lowest BCUT2D eigenvalue weighted by Gasteiger charge is -2.25. The molecule has 2 aromatic carbocycles. The molecule has 0 saturated carbocycles. The van der Waals surface area contributed by atoms with E-state index in [0.29, 0.717) is 11.3 Å². The summed E-state index contributed by atoms with van der Waals surface area (Å²) in [7, 11) is 0. The van der Waals surface area contributed by atoms with Crippen molar-refractivity contribution >= 4 is 10.8 Å². The van der Waals surface area contributed by atoms with E-state index in [1.54, 1.807) is 6.07 Å². The standard InChI is InChI=1S/C18H19F3/c1-2-3-4-11-5-6-12-8-14-10-16(19)18(21)17(20)15(14)9-13(12)7-11/h8-11H,2-7H2,1H3. The lowest BCUT2D eigenvalue weighted by atomic mass is 9.80. The van der Waals surface area contributed by atoms with Crippen molar-refractivity contribution in [2.75, 3.05) is 0 Å². The Labute approximate surface area is 123 Å². The smallest absolute Gasteiger partial charge is 0.195 e.